The Bertz CT molecular complexity index is 1800. The van der Waals surface area contributed by atoms with Crippen molar-refractivity contribution in [2.75, 3.05) is 0 Å². The van der Waals surface area contributed by atoms with Crippen molar-refractivity contribution in [3.63, 3.8) is 0 Å². The standard InChI is InChI=1S/C53H93N7O13/c1-30(2)20-18-16-14-13-15-17-19-21-36-28-43(61)54-37(22-23-44(62)63)47(66)55-38(24-31(3)4)48(67)57-40(26-33(7)8)51(70)60-46(35(11)12)52(71)58-41(29-45(64)65)50(69)56-39(25-32(5)6)49(68)59-42(27-34(9)10)53(72)73-36/h30-42,46H,13-29H2,1-12H3,(H,54,61)(H,55,66)(H,56,69)(H,57,67)(H,58,71)(H,59,68)(H,60,70)(H,62,63)(H,64,65)/t36?,37-,38+,39?,40?,41+,42?,46+/m1/s1. The molecule has 0 aromatic heterocycles. The van der Waals surface area contributed by atoms with Crippen molar-refractivity contribution in [3.05, 3.63) is 0 Å². The Labute approximate surface area is 434 Å². The van der Waals surface area contributed by atoms with Gasteiger partial charge in [0.25, 0.3) is 0 Å². The average molecular weight is 1040 g/mol. The lowest BCUT2D eigenvalue weighted by Crippen LogP contribution is -2.61. The number of carboxylic acid groups (broad SMARTS) is 2. The van der Waals surface area contributed by atoms with Crippen LogP contribution in [0.25, 0.3) is 0 Å². The van der Waals surface area contributed by atoms with E-state index in [-0.39, 0.29) is 62.2 Å². The minimum Gasteiger partial charge on any atom is -0.481 e. The zero-order chi connectivity index (χ0) is 55.5. The number of carboxylic acids is 2. The van der Waals surface area contributed by atoms with E-state index < -0.39 is 133 Å². The fraction of sp³-hybridized carbons (Fsp3) is 0.811. The molecule has 9 N–H and O–H groups in total. The minimum absolute atomic E-state index is 0.0393. The lowest BCUT2D eigenvalue weighted by Gasteiger charge is -2.29. The third-order valence-corrected chi connectivity index (χ3v) is 12.4. The number of hydrogen-bond donors (Lipinski definition) is 9. The van der Waals surface area contributed by atoms with Crippen LogP contribution in [0.5, 0.6) is 0 Å². The molecular weight excluding hydrogens is 943 g/mol. The van der Waals surface area contributed by atoms with Crippen molar-refractivity contribution in [2.24, 2.45) is 35.5 Å². The van der Waals surface area contributed by atoms with Gasteiger partial charge < -0.3 is 52.2 Å². The smallest absolute Gasteiger partial charge is 0.328 e. The maximum absolute atomic E-state index is 14.2. The van der Waals surface area contributed by atoms with E-state index in [4.69, 9.17) is 4.74 Å². The molecule has 1 fully saturated rings. The first kappa shape index (κ1) is 65.7. The largest absolute Gasteiger partial charge is 0.481 e. The maximum atomic E-state index is 14.2. The zero-order valence-corrected chi connectivity index (χ0v) is 46.0. The summed E-state index contributed by atoms with van der Waals surface area (Å²) in [7, 11) is 0. The van der Waals surface area contributed by atoms with Crippen molar-refractivity contribution < 1.29 is 62.9 Å². The first-order valence-electron chi connectivity index (χ1n) is 26.8. The molecular formula is C53H93N7O13. The Morgan fingerprint density at radius 3 is 1.29 bits per heavy atom. The molecule has 0 aliphatic carbocycles. The molecule has 1 aliphatic rings. The molecule has 0 saturated carbocycles. The first-order valence-corrected chi connectivity index (χ1v) is 26.8. The van der Waals surface area contributed by atoms with E-state index in [0.717, 1.165) is 44.9 Å². The lowest BCUT2D eigenvalue weighted by atomic mass is 9.98. The molecule has 1 saturated heterocycles. The summed E-state index contributed by atoms with van der Waals surface area (Å²) >= 11 is 0. The first-order chi connectivity index (χ1) is 34.1. The van der Waals surface area contributed by atoms with Crippen LogP contribution in [0.15, 0.2) is 0 Å². The summed E-state index contributed by atoms with van der Waals surface area (Å²) in [5.41, 5.74) is 0. The molecule has 0 spiro atoms. The van der Waals surface area contributed by atoms with Crippen molar-refractivity contribution in [2.45, 2.75) is 241 Å². The monoisotopic (exact) mass is 1040 g/mol. The molecule has 8 atom stereocenters. The van der Waals surface area contributed by atoms with Gasteiger partial charge in [-0.25, -0.2) is 4.79 Å². The molecule has 7 amide bonds. The summed E-state index contributed by atoms with van der Waals surface area (Å²) in [4.78, 5) is 137. The number of nitrogens with one attached hydrogen (secondary N) is 7. The van der Waals surface area contributed by atoms with Crippen LogP contribution in [-0.2, 0) is 52.7 Å². The average Bonchev–Trinajstić information content (AvgIpc) is 3.26. The van der Waals surface area contributed by atoms with Crippen LogP contribution < -0.4 is 37.2 Å². The number of cyclic esters (lactones) is 1. The lowest BCUT2D eigenvalue weighted by molar-refractivity contribution is -0.155. The third kappa shape index (κ3) is 28.1. The zero-order valence-electron chi connectivity index (χ0n) is 46.0. The highest BCUT2D eigenvalue weighted by Gasteiger charge is 2.37. The van der Waals surface area contributed by atoms with Gasteiger partial charge in [0.1, 0.15) is 48.4 Å². The van der Waals surface area contributed by atoms with E-state index >= 15 is 0 Å². The molecule has 0 bridgehead atoms. The van der Waals surface area contributed by atoms with Gasteiger partial charge >= 0.3 is 17.9 Å². The van der Waals surface area contributed by atoms with E-state index in [1.54, 1.807) is 55.4 Å². The molecule has 73 heavy (non-hydrogen) atoms. The van der Waals surface area contributed by atoms with Gasteiger partial charge in [-0.3, -0.25) is 43.2 Å². The van der Waals surface area contributed by atoms with E-state index in [2.05, 4.69) is 51.1 Å². The van der Waals surface area contributed by atoms with E-state index in [9.17, 15) is 58.2 Å². The molecule has 1 heterocycles. The predicted molar refractivity (Wildman–Crippen MR) is 276 cm³/mol. The molecule has 0 radical (unpaired) electrons. The van der Waals surface area contributed by atoms with E-state index in [1.165, 1.54) is 0 Å². The topological polar surface area (TPSA) is 305 Å². The van der Waals surface area contributed by atoms with Crippen molar-refractivity contribution in [3.8, 4) is 0 Å². The third-order valence-electron chi connectivity index (χ3n) is 12.4. The summed E-state index contributed by atoms with van der Waals surface area (Å²) in [6, 6.07) is -9.64. The second-order valence-corrected chi connectivity index (χ2v) is 22.4. The van der Waals surface area contributed by atoms with Gasteiger partial charge in [0.15, 0.2) is 0 Å². The van der Waals surface area contributed by atoms with Crippen molar-refractivity contribution in [1.82, 2.24) is 37.2 Å². The van der Waals surface area contributed by atoms with Gasteiger partial charge in [-0.2, -0.15) is 0 Å². The van der Waals surface area contributed by atoms with Crippen LogP contribution in [0.1, 0.15) is 192 Å². The van der Waals surface area contributed by atoms with E-state index in [0.29, 0.717) is 12.3 Å². The van der Waals surface area contributed by atoms with Crippen LogP contribution in [0.2, 0.25) is 0 Å². The van der Waals surface area contributed by atoms with E-state index in [1.807, 2.05) is 13.8 Å². The van der Waals surface area contributed by atoms with Crippen LogP contribution in [0, 0.1) is 35.5 Å². The number of carbonyl (C=O) groups is 10. The van der Waals surface area contributed by atoms with Gasteiger partial charge in [-0.05, 0) is 80.5 Å². The summed E-state index contributed by atoms with van der Waals surface area (Å²) in [6.45, 7) is 22.0. The number of aliphatic carboxylic acids is 2. The summed E-state index contributed by atoms with van der Waals surface area (Å²) in [6.07, 6.45) is 5.02. The highest BCUT2D eigenvalue weighted by Crippen LogP contribution is 2.19. The van der Waals surface area contributed by atoms with Gasteiger partial charge in [0.05, 0.1) is 12.8 Å². The Morgan fingerprint density at radius 2 is 0.849 bits per heavy atom. The fourth-order valence-corrected chi connectivity index (χ4v) is 8.57. The molecule has 20 heteroatoms. The number of rotatable bonds is 24. The van der Waals surface area contributed by atoms with Gasteiger partial charge in [0, 0.05) is 6.42 Å². The number of unbranched alkanes of at least 4 members (excludes halogenated alkanes) is 6. The van der Waals surface area contributed by atoms with Gasteiger partial charge in [-0.15, -0.1) is 0 Å². The predicted octanol–water partition coefficient (Wildman–Crippen LogP) is 5.04. The molecule has 1 rings (SSSR count). The maximum Gasteiger partial charge on any atom is 0.328 e. The molecule has 4 unspecified atom stereocenters. The minimum atomic E-state index is -1.72. The molecule has 1 aliphatic heterocycles. The SMILES string of the molecule is CC(C)CCCCCCCCCC1CC(=O)N[C@H](CCC(=O)O)C(=O)N[C@@H](CC(C)C)C(=O)NC(CC(C)C)C(=O)N[C@@H](C(C)C)C(=O)N[C@@H](CC(=O)O)C(=O)NC(CC(C)C)C(=O)NC(CC(C)C)C(=O)O1. The van der Waals surface area contributed by atoms with Gasteiger partial charge in [0.2, 0.25) is 41.4 Å². The highest BCUT2D eigenvalue weighted by molar-refractivity contribution is 5.98. The second-order valence-electron chi connectivity index (χ2n) is 22.4. The highest BCUT2D eigenvalue weighted by atomic mass is 16.5. The summed E-state index contributed by atoms with van der Waals surface area (Å²) in [5, 5.41) is 37.9. The van der Waals surface area contributed by atoms with Crippen LogP contribution in [0.4, 0.5) is 0 Å². The van der Waals surface area contributed by atoms with Crippen molar-refractivity contribution >= 4 is 59.3 Å². The molecule has 0 aromatic rings. The normalized spacial score (nSPS) is 24.0. The Balaban J connectivity index is 3.95. The van der Waals surface area contributed by atoms with Crippen LogP contribution in [0.3, 0.4) is 0 Å². The van der Waals surface area contributed by atoms with Crippen molar-refractivity contribution in [1.29, 1.82) is 0 Å². The number of hydrogen-bond acceptors (Lipinski definition) is 11. The quantitative estimate of drug-likeness (QED) is 0.0453. The van der Waals surface area contributed by atoms with Crippen LogP contribution >= 0.6 is 0 Å². The number of amides is 7. The number of carbonyl (C=O) groups excluding carboxylic acids is 8. The second kappa shape index (κ2) is 34.2. The summed E-state index contributed by atoms with van der Waals surface area (Å²) in [5.74, 6) is -10.1. The van der Waals surface area contributed by atoms with Gasteiger partial charge in [-0.1, -0.05) is 128 Å². The summed E-state index contributed by atoms with van der Waals surface area (Å²) < 4.78 is 6.04. The Morgan fingerprint density at radius 1 is 0.452 bits per heavy atom. The molecule has 20 nitrogen and oxygen atoms in total. The Hall–Kier alpha value is -5.30. The molecule has 418 valence electrons. The Kier molecular flexibility index (Phi) is 30.8. The number of ether oxygens (including phenoxy) is 1. The fourth-order valence-electron chi connectivity index (χ4n) is 8.57. The molecule has 0 aromatic carbocycles. The number of esters is 1. The van der Waals surface area contributed by atoms with Crippen LogP contribution in [-0.4, -0.2) is 118 Å².